The summed E-state index contributed by atoms with van der Waals surface area (Å²) in [4.78, 5) is 28.1. The number of nitrogens with zero attached hydrogens (tertiary/aromatic N) is 5. The smallest absolute Gasteiger partial charge is 0.346 e. The molecule has 2 heterocycles. The van der Waals surface area contributed by atoms with Crippen LogP contribution in [0.2, 0.25) is 0 Å². The Bertz CT molecular complexity index is 593. The van der Waals surface area contributed by atoms with Crippen LogP contribution in [0.5, 0.6) is 0 Å². The van der Waals surface area contributed by atoms with Crippen molar-refractivity contribution in [3.63, 3.8) is 0 Å². The molecule has 0 bridgehead atoms. The number of likely N-dealkylation sites (N-methyl/N-ethyl adjacent to an activating group) is 2. The zero-order chi connectivity index (χ0) is 14.9. The Labute approximate surface area is 117 Å². The quantitative estimate of drug-likeness (QED) is 0.700. The molecular formula is C12H22N6O2. The largest absolute Gasteiger partial charge is 0.362 e. The van der Waals surface area contributed by atoms with Gasteiger partial charge < -0.3 is 10.2 Å². The lowest BCUT2D eigenvalue weighted by atomic mass is 10.2. The van der Waals surface area contributed by atoms with Gasteiger partial charge in [-0.1, -0.05) is 0 Å². The van der Waals surface area contributed by atoms with Gasteiger partial charge in [-0.2, -0.15) is 0 Å². The van der Waals surface area contributed by atoms with Gasteiger partial charge in [0.25, 0.3) is 5.56 Å². The van der Waals surface area contributed by atoms with Crippen molar-refractivity contribution in [1.82, 2.24) is 24.1 Å². The van der Waals surface area contributed by atoms with Crippen LogP contribution in [0.15, 0.2) is 9.59 Å². The lowest BCUT2D eigenvalue weighted by Crippen LogP contribution is -2.53. The molecule has 0 amide bonds. The molecule has 1 aliphatic heterocycles. The van der Waals surface area contributed by atoms with E-state index in [1.54, 1.807) is 0 Å². The third-order valence-corrected chi connectivity index (χ3v) is 3.81. The van der Waals surface area contributed by atoms with Gasteiger partial charge in [0.05, 0.1) is 0 Å². The second-order valence-corrected chi connectivity index (χ2v) is 5.40. The number of hydrogen-bond donors (Lipinski definition) is 1. The van der Waals surface area contributed by atoms with Crippen molar-refractivity contribution in [3.8, 4) is 0 Å². The highest BCUT2D eigenvalue weighted by molar-refractivity contribution is 5.29. The third-order valence-electron chi connectivity index (χ3n) is 3.81. The Morgan fingerprint density at radius 1 is 1.20 bits per heavy atom. The summed E-state index contributed by atoms with van der Waals surface area (Å²) in [6, 6.07) is 0.317. The highest BCUT2D eigenvalue weighted by atomic mass is 16.2. The first-order valence-electron chi connectivity index (χ1n) is 6.67. The van der Waals surface area contributed by atoms with Crippen LogP contribution in [0.1, 0.15) is 0 Å². The van der Waals surface area contributed by atoms with Crippen molar-refractivity contribution in [2.45, 2.75) is 6.04 Å². The Hall–Kier alpha value is -1.67. The lowest BCUT2D eigenvalue weighted by Gasteiger charge is -2.37. The number of rotatable bonds is 3. The van der Waals surface area contributed by atoms with Gasteiger partial charge in [-0.25, -0.2) is 9.48 Å². The van der Waals surface area contributed by atoms with Crippen molar-refractivity contribution in [2.75, 3.05) is 45.6 Å². The minimum Gasteiger partial charge on any atom is -0.362 e. The standard InChI is InChI=1S/C12H22N6O2/c1-15-5-6-16(2)9(8-15)7-13-10-11(19)17(3)12(20)18(4)14-10/h9H,5-8H2,1-4H3,(H,13,14). The fraction of sp³-hybridized carbons (Fsp3) is 0.750. The molecule has 1 fully saturated rings. The van der Waals surface area contributed by atoms with E-state index in [1.807, 2.05) is 0 Å². The fourth-order valence-corrected chi connectivity index (χ4v) is 2.35. The molecule has 20 heavy (non-hydrogen) atoms. The van der Waals surface area contributed by atoms with E-state index in [4.69, 9.17) is 0 Å². The van der Waals surface area contributed by atoms with E-state index in [2.05, 4.69) is 34.3 Å². The predicted molar refractivity (Wildman–Crippen MR) is 77.1 cm³/mol. The molecule has 1 unspecified atom stereocenters. The maximum Gasteiger partial charge on any atom is 0.346 e. The molecule has 1 N–H and O–H groups in total. The zero-order valence-electron chi connectivity index (χ0n) is 12.5. The Kier molecular flexibility index (Phi) is 4.24. The van der Waals surface area contributed by atoms with Gasteiger partial charge in [0.1, 0.15) is 0 Å². The molecule has 0 aliphatic carbocycles. The predicted octanol–water partition coefficient (Wildman–Crippen LogP) is -1.86. The van der Waals surface area contributed by atoms with E-state index in [9.17, 15) is 9.59 Å². The minimum atomic E-state index is -0.421. The van der Waals surface area contributed by atoms with Gasteiger partial charge >= 0.3 is 5.69 Å². The molecule has 8 nitrogen and oxygen atoms in total. The molecule has 0 aromatic carbocycles. The molecule has 1 aliphatic rings. The van der Waals surface area contributed by atoms with Crippen LogP contribution in [0, 0.1) is 0 Å². The molecule has 1 saturated heterocycles. The highest BCUT2D eigenvalue weighted by Gasteiger charge is 2.22. The van der Waals surface area contributed by atoms with Crippen LogP contribution in [0.4, 0.5) is 5.82 Å². The average molecular weight is 282 g/mol. The maximum atomic E-state index is 12.0. The molecule has 0 radical (unpaired) electrons. The van der Waals surface area contributed by atoms with Gasteiger partial charge in [0.15, 0.2) is 0 Å². The molecular weight excluding hydrogens is 260 g/mol. The van der Waals surface area contributed by atoms with Crippen LogP contribution in [0.25, 0.3) is 0 Å². The monoisotopic (exact) mass is 282 g/mol. The van der Waals surface area contributed by atoms with E-state index in [1.165, 1.54) is 18.8 Å². The molecule has 1 aromatic heterocycles. The molecule has 1 aromatic rings. The molecule has 0 saturated carbocycles. The summed E-state index contributed by atoms with van der Waals surface area (Å²) in [5.41, 5.74) is -0.810. The Balaban J connectivity index is 2.11. The second kappa shape index (κ2) is 5.76. The van der Waals surface area contributed by atoms with Crippen molar-refractivity contribution >= 4 is 5.82 Å². The Morgan fingerprint density at radius 2 is 1.90 bits per heavy atom. The van der Waals surface area contributed by atoms with Crippen LogP contribution in [-0.2, 0) is 14.1 Å². The lowest BCUT2D eigenvalue weighted by molar-refractivity contribution is 0.121. The van der Waals surface area contributed by atoms with Gasteiger partial charge in [0, 0.05) is 46.3 Å². The highest BCUT2D eigenvalue weighted by Crippen LogP contribution is 2.06. The fourth-order valence-electron chi connectivity index (χ4n) is 2.35. The van der Waals surface area contributed by atoms with Gasteiger partial charge in [-0.3, -0.25) is 14.3 Å². The summed E-state index contributed by atoms with van der Waals surface area (Å²) >= 11 is 0. The summed E-state index contributed by atoms with van der Waals surface area (Å²) < 4.78 is 2.23. The normalized spacial score (nSPS) is 21.1. The van der Waals surface area contributed by atoms with E-state index in [0.717, 1.165) is 24.2 Å². The average Bonchev–Trinajstić information content (AvgIpc) is 2.42. The number of aromatic nitrogens is 3. The number of nitrogens with one attached hydrogen (secondary N) is 1. The van der Waals surface area contributed by atoms with Gasteiger partial charge in [-0.05, 0) is 14.1 Å². The number of anilines is 1. The molecule has 112 valence electrons. The van der Waals surface area contributed by atoms with Crippen molar-refractivity contribution in [3.05, 3.63) is 20.8 Å². The van der Waals surface area contributed by atoms with Crippen LogP contribution in [0.3, 0.4) is 0 Å². The number of piperazine rings is 1. The van der Waals surface area contributed by atoms with Crippen molar-refractivity contribution < 1.29 is 0 Å². The second-order valence-electron chi connectivity index (χ2n) is 5.40. The topological polar surface area (TPSA) is 75.4 Å². The van der Waals surface area contributed by atoms with E-state index >= 15 is 0 Å². The van der Waals surface area contributed by atoms with Gasteiger partial charge in [-0.15, -0.1) is 5.10 Å². The summed E-state index contributed by atoms with van der Waals surface area (Å²) in [6.45, 7) is 3.62. The van der Waals surface area contributed by atoms with Crippen molar-refractivity contribution in [1.29, 1.82) is 0 Å². The molecule has 2 rings (SSSR count). The summed E-state index contributed by atoms with van der Waals surface area (Å²) in [5.74, 6) is 0.219. The minimum absolute atomic E-state index is 0.219. The van der Waals surface area contributed by atoms with Crippen LogP contribution < -0.4 is 16.6 Å². The SMILES string of the molecule is CN1CCN(C)C(CNc2nn(C)c(=O)n(C)c2=O)C1. The van der Waals surface area contributed by atoms with Crippen LogP contribution >= 0.6 is 0 Å². The molecule has 0 spiro atoms. The summed E-state index contributed by atoms with van der Waals surface area (Å²) in [7, 11) is 7.15. The first kappa shape index (κ1) is 14.7. The van der Waals surface area contributed by atoms with Crippen LogP contribution in [-0.4, -0.2) is 70.5 Å². The Morgan fingerprint density at radius 3 is 2.60 bits per heavy atom. The number of aryl methyl sites for hydroxylation is 1. The first-order valence-corrected chi connectivity index (χ1v) is 6.67. The first-order chi connectivity index (χ1) is 9.40. The summed E-state index contributed by atoms with van der Waals surface area (Å²) in [6.07, 6.45) is 0. The third kappa shape index (κ3) is 2.91. The zero-order valence-corrected chi connectivity index (χ0v) is 12.5. The van der Waals surface area contributed by atoms with E-state index in [-0.39, 0.29) is 11.4 Å². The molecule has 8 heteroatoms. The van der Waals surface area contributed by atoms with Crippen molar-refractivity contribution in [2.24, 2.45) is 14.1 Å². The molecule has 1 atom stereocenters. The van der Waals surface area contributed by atoms with Gasteiger partial charge in [0.2, 0.25) is 5.82 Å². The summed E-state index contributed by atoms with van der Waals surface area (Å²) in [5, 5.41) is 7.06. The van der Waals surface area contributed by atoms with E-state index < -0.39 is 5.69 Å². The van der Waals surface area contributed by atoms with E-state index in [0.29, 0.717) is 12.6 Å². The number of hydrogen-bond acceptors (Lipinski definition) is 6. The maximum absolute atomic E-state index is 12.0.